The Labute approximate surface area is 149 Å². The fraction of sp³-hybridized carbons (Fsp3) is 0.182. The van der Waals surface area contributed by atoms with Gasteiger partial charge in [0.1, 0.15) is 12.4 Å². The molecular weight excluding hydrogens is 427 g/mol. The molecule has 0 unspecified atom stereocenters. The molecule has 0 aliphatic heterocycles. The van der Waals surface area contributed by atoms with E-state index < -0.39 is 16.0 Å². The van der Waals surface area contributed by atoms with Gasteiger partial charge in [-0.2, -0.15) is 13.1 Å². The second-order valence-corrected chi connectivity index (χ2v) is 6.64. The molecule has 25 heavy (non-hydrogen) atoms. The van der Waals surface area contributed by atoms with Gasteiger partial charge in [-0.25, -0.2) is 14.2 Å². The maximum Gasteiger partial charge on any atom is 0.287 e. The van der Waals surface area contributed by atoms with Crippen LogP contribution in [0.25, 0.3) is 0 Å². The fourth-order valence-electron chi connectivity index (χ4n) is 1.59. The number of oxime groups is 1. The molecule has 0 fully saturated rings. The van der Waals surface area contributed by atoms with Crippen LogP contribution in [0.3, 0.4) is 0 Å². The average Bonchev–Trinajstić information content (AvgIpc) is 3.00. The summed E-state index contributed by atoms with van der Waals surface area (Å²) in [5.74, 6) is -0.811. The lowest BCUT2D eigenvalue weighted by atomic mass is 10.3. The van der Waals surface area contributed by atoms with E-state index in [1.54, 1.807) is 0 Å². The number of nitrogens with zero attached hydrogens (tertiary/aromatic N) is 3. The molecule has 0 radical (unpaired) electrons. The summed E-state index contributed by atoms with van der Waals surface area (Å²) in [6.45, 7) is -0.270. The molecule has 11 nitrogen and oxygen atoms in total. The Balaban J connectivity index is 2.06. The number of rotatable bonds is 7. The topological polar surface area (TPSA) is 165 Å². The van der Waals surface area contributed by atoms with Crippen LogP contribution in [0.2, 0.25) is 0 Å². The van der Waals surface area contributed by atoms with E-state index in [-0.39, 0.29) is 35.0 Å². The van der Waals surface area contributed by atoms with Crippen molar-refractivity contribution in [3.63, 3.8) is 0 Å². The zero-order chi connectivity index (χ0) is 18.4. The SMILES string of the molecule is NS(=O)(=O)NCCOc1nonc1/C(=N\O)Nc1ccc(F)c(Br)c1. The third-order valence-corrected chi connectivity index (χ3v) is 3.82. The highest BCUT2D eigenvalue weighted by molar-refractivity contribution is 9.10. The van der Waals surface area contributed by atoms with Crippen molar-refractivity contribution in [1.29, 1.82) is 0 Å². The predicted octanol–water partition coefficient (Wildman–Crippen LogP) is 0.391. The summed E-state index contributed by atoms with van der Waals surface area (Å²) in [6.07, 6.45) is 0. The second-order valence-electron chi connectivity index (χ2n) is 4.41. The van der Waals surface area contributed by atoms with Gasteiger partial charge in [-0.1, -0.05) is 5.16 Å². The standard InChI is InChI=1S/C11H12BrFN6O5S/c12-7-5-6(1-2-8(7)13)16-10(17-20)9-11(19-24-18-9)23-4-3-15-25(14,21)22/h1-2,5,15,20H,3-4H2,(H,16,17)(H2,14,21,22). The number of ether oxygens (including phenoxy) is 1. The quantitative estimate of drug-likeness (QED) is 0.158. The van der Waals surface area contributed by atoms with Crippen molar-refractivity contribution in [1.82, 2.24) is 15.0 Å². The van der Waals surface area contributed by atoms with E-state index in [9.17, 15) is 12.8 Å². The van der Waals surface area contributed by atoms with Crippen molar-refractivity contribution < 1.29 is 27.4 Å². The van der Waals surface area contributed by atoms with Crippen molar-refractivity contribution in [2.45, 2.75) is 0 Å². The van der Waals surface area contributed by atoms with Crippen LogP contribution in [-0.2, 0) is 10.2 Å². The summed E-state index contributed by atoms with van der Waals surface area (Å²) in [6, 6.07) is 4.00. The number of hydrogen-bond donors (Lipinski definition) is 4. The first-order chi connectivity index (χ1) is 11.8. The van der Waals surface area contributed by atoms with Gasteiger partial charge < -0.3 is 15.3 Å². The van der Waals surface area contributed by atoms with Crippen LogP contribution in [0, 0.1) is 5.82 Å². The zero-order valence-corrected chi connectivity index (χ0v) is 14.7. The van der Waals surface area contributed by atoms with Crippen molar-refractivity contribution >= 4 is 37.7 Å². The Hall–Kier alpha value is -2.29. The number of amidine groups is 1. The van der Waals surface area contributed by atoms with Crippen LogP contribution in [0.4, 0.5) is 10.1 Å². The Bertz CT molecular complexity index is 874. The lowest BCUT2D eigenvalue weighted by Crippen LogP contribution is -2.34. The lowest BCUT2D eigenvalue weighted by Gasteiger charge is -2.08. The molecule has 0 atom stereocenters. The molecule has 1 aromatic carbocycles. The monoisotopic (exact) mass is 438 g/mol. The van der Waals surface area contributed by atoms with Gasteiger partial charge in [-0.05, 0) is 44.4 Å². The van der Waals surface area contributed by atoms with Crippen LogP contribution in [-0.4, -0.2) is 42.9 Å². The minimum atomic E-state index is -3.85. The Morgan fingerprint density at radius 2 is 2.24 bits per heavy atom. The minimum Gasteiger partial charge on any atom is -0.472 e. The summed E-state index contributed by atoms with van der Waals surface area (Å²) in [5, 5.41) is 26.6. The summed E-state index contributed by atoms with van der Waals surface area (Å²) in [4.78, 5) is 0. The molecule has 0 saturated heterocycles. The predicted molar refractivity (Wildman–Crippen MR) is 86.9 cm³/mol. The van der Waals surface area contributed by atoms with Gasteiger partial charge in [0.2, 0.25) is 11.5 Å². The van der Waals surface area contributed by atoms with Crippen molar-refractivity contribution in [2.24, 2.45) is 10.3 Å². The van der Waals surface area contributed by atoms with Crippen LogP contribution in [0.5, 0.6) is 5.88 Å². The molecule has 5 N–H and O–H groups in total. The Morgan fingerprint density at radius 3 is 2.88 bits per heavy atom. The van der Waals surface area contributed by atoms with Gasteiger partial charge in [0.15, 0.2) is 0 Å². The molecule has 2 aromatic rings. The number of nitrogens with two attached hydrogens (primary N) is 1. The van der Waals surface area contributed by atoms with E-state index in [1.165, 1.54) is 18.2 Å². The van der Waals surface area contributed by atoms with Crippen LogP contribution in [0.15, 0.2) is 32.5 Å². The van der Waals surface area contributed by atoms with E-state index in [0.29, 0.717) is 5.69 Å². The molecule has 1 heterocycles. The summed E-state index contributed by atoms with van der Waals surface area (Å²) in [7, 11) is -3.85. The molecule has 0 aliphatic rings. The van der Waals surface area contributed by atoms with Gasteiger partial charge in [-0.3, -0.25) is 0 Å². The molecule has 2 rings (SSSR count). The first kappa shape index (κ1) is 19.0. The third kappa shape index (κ3) is 5.63. The van der Waals surface area contributed by atoms with E-state index in [0.717, 1.165) is 0 Å². The maximum atomic E-state index is 13.2. The van der Waals surface area contributed by atoms with Crippen molar-refractivity contribution in [3.05, 3.63) is 34.2 Å². The van der Waals surface area contributed by atoms with E-state index in [1.807, 2.05) is 4.72 Å². The zero-order valence-electron chi connectivity index (χ0n) is 12.3. The van der Waals surface area contributed by atoms with Crippen molar-refractivity contribution in [3.8, 4) is 5.88 Å². The molecule has 0 aliphatic carbocycles. The van der Waals surface area contributed by atoms with Gasteiger partial charge in [-0.15, -0.1) is 0 Å². The number of anilines is 1. The Morgan fingerprint density at radius 1 is 1.48 bits per heavy atom. The molecule has 14 heteroatoms. The van der Waals surface area contributed by atoms with Gasteiger partial charge in [0, 0.05) is 12.2 Å². The first-order valence-electron chi connectivity index (χ1n) is 6.47. The van der Waals surface area contributed by atoms with Gasteiger partial charge in [0.05, 0.1) is 4.47 Å². The molecule has 0 amide bonds. The molecule has 136 valence electrons. The number of benzene rings is 1. The average molecular weight is 439 g/mol. The van der Waals surface area contributed by atoms with E-state index in [4.69, 9.17) is 15.1 Å². The highest BCUT2D eigenvalue weighted by Gasteiger charge is 2.19. The lowest BCUT2D eigenvalue weighted by molar-refractivity contribution is 0.258. The number of aromatic nitrogens is 2. The van der Waals surface area contributed by atoms with Crippen LogP contribution >= 0.6 is 15.9 Å². The summed E-state index contributed by atoms with van der Waals surface area (Å²) >= 11 is 3.02. The maximum absolute atomic E-state index is 13.2. The highest BCUT2D eigenvalue weighted by atomic mass is 79.9. The van der Waals surface area contributed by atoms with Crippen molar-refractivity contribution in [2.75, 3.05) is 18.5 Å². The number of nitrogens with one attached hydrogen (secondary N) is 2. The van der Waals surface area contributed by atoms with E-state index in [2.05, 4.69) is 41.3 Å². The van der Waals surface area contributed by atoms with Gasteiger partial charge in [0.25, 0.3) is 16.1 Å². The first-order valence-corrected chi connectivity index (χ1v) is 8.81. The normalized spacial score (nSPS) is 12.2. The molecule has 0 bridgehead atoms. The van der Waals surface area contributed by atoms with E-state index >= 15 is 0 Å². The largest absolute Gasteiger partial charge is 0.472 e. The Kier molecular flexibility index (Phi) is 6.24. The molecule has 0 saturated carbocycles. The molecule has 0 spiro atoms. The summed E-state index contributed by atoms with van der Waals surface area (Å²) in [5.41, 5.74) is 0.296. The molecular formula is C11H12BrFN6O5S. The van der Waals surface area contributed by atoms with Crippen LogP contribution in [0.1, 0.15) is 5.69 Å². The highest BCUT2D eigenvalue weighted by Crippen LogP contribution is 2.21. The molecule has 1 aromatic heterocycles. The summed E-state index contributed by atoms with van der Waals surface area (Å²) < 4.78 is 46.6. The third-order valence-electron chi connectivity index (χ3n) is 2.61. The number of halogens is 2. The van der Waals surface area contributed by atoms with Crippen LogP contribution < -0.4 is 19.9 Å². The number of hydrogen-bond acceptors (Lipinski definition) is 8. The second kappa shape index (κ2) is 8.19. The smallest absolute Gasteiger partial charge is 0.287 e. The minimum absolute atomic E-state index is 0.0847. The van der Waals surface area contributed by atoms with Gasteiger partial charge >= 0.3 is 0 Å². The fourth-order valence-corrected chi connectivity index (χ4v) is 2.34.